The van der Waals surface area contributed by atoms with Crippen LogP contribution in [0.1, 0.15) is 17.5 Å². The van der Waals surface area contributed by atoms with Crippen LogP contribution in [-0.2, 0) is 11.3 Å². The van der Waals surface area contributed by atoms with Gasteiger partial charge in [-0.3, -0.25) is 14.5 Å². The van der Waals surface area contributed by atoms with E-state index in [0.29, 0.717) is 19.0 Å². The summed E-state index contributed by atoms with van der Waals surface area (Å²) in [6, 6.07) is 10.3. The van der Waals surface area contributed by atoms with Crippen molar-refractivity contribution in [3.05, 3.63) is 48.4 Å². The second-order valence-electron chi connectivity index (χ2n) is 5.71. The maximum Gasteiger partial charge on any atom is 0.287 e. The van der Waals surface area contributed by atoms with E-state index < -0.39 is 11.9 Å². The normalized spacial score (nSPS) is 14.6. The molecule has 7 nitrogen and oxygen atoms in total. The van der Waals surface area contributed by atoms with Gasteiger partial charge in [-0.2, -0.15) is 0 Å². The molecule has 1 aliphatic rings. The fourth-order valence-corrected chi connectivity index (χ4v) is 2.97. The molecule has 0 bridgehead atoms. The van der Waals surface area contributed by atoms with Crippen molar-refractivity contribution in [1.29, 1.82) is 0 Å². The van der Waals surface area contributed by atoms with Gasteiger partial charge in [0.25, 0.3) is 11.8 Å². The lowest BCUT2D eigenvalue weighted by molar-refractivity contribution is -0.120. The molecule has 3 heterocycles. The molecule has 7 heteroatoms. The Hall–Kier alpha value is -3.09. The maximum absolute atomic E-state index is 12.7. The van der Waals surface area contributed by atoms with Crippen molar-refractivity contribution < 1.29 is 14.0 Å². The first-order chi connectivity index (χ1) is 11.6. The summed E-state index contributed by atoms with van der Waals surface area (Å²) in [7, 11) is 0. The molecule has 0 saturated heterocycles. The van der Waals surface area contributed by atoms with Crippen molar-refractivity contribution in [2.45, 2.75) is 19.5 Å². The summed E-state index contributed by atoms with van der Waals surface area (Å²) in [6.45, 7) is 2.90. The minimum Gasteiger partial charge on any atom is -0.459 e. The zero-order chi connectivity index (χ0) is 16.7. The molecular weight excluding hydrogens is 308 g/mol. The Labute approximate surface area is 137 Å². The van der Waals surface area contributed by atoms with Crippen molar-refractivity contribution in [2.24, 2.45) is 0 Å². The van der Waals surface area contributed by atoms with Crippen LogP contribution in [-0.4, -0.2) is 34.0 Å². The SMILES string of the molecule is C[C@H](NC(=O)c1ccco1)C(=O)N1CCn2c1nc1ccccc12. The monoisotopic (exact) mass is 324 g/mol. The van der Waals surface area contributed by atoms with E-state index in [1.807, 2.05) is 28.8 Å². The highest BCUT2D eigenvalue weighted by Gasteiger charge is 2.31. The van der Waals surface area contributed by atoms with E-state index in [1.165, 1.54) is 6.26 Å². The van der Waals surface area contributed by atoms with Crippen molar-refractivity contribution in [2.75, 3.05) is 11.4 Å². The van der Waals surface area contributed by atoms with E-state index in [-0.39, 0.29) is 11.7 Å². The van der Waals surface area contributed by atoms with Crippen molar-refractivity contribution >= 4 is 28.8 Å². The van der Waals surface area contributed by atoms with E-state index in [0.717, 1.165) is 11.0 Å². The molecule has 1 aromatic carbocycles. The van der Waals surface area contributed by atoms with E-state index >= 15 is 0 Å². The fourth-order valence-electron chi connectivity index (χ4n) is 2.97. The highest BCUT2D eigenvalue weighted by molar-refractivity contribution is 6.01. The van der Waals surface area contributed by atoms with Gasteiger partial charge in [-0.1, -0.05) is 12.1 Å². The Morgan fingerprint density at radius 2 is 2.04 bits per heavy atom. The predicted molar refractivity (Wildman–Crippen MR) is 87.7 cm³/mol. The van der Waals surface area contributed by atoms with E-state index in [1.54, 1.807) is 24.0 Å². The molecular formula is C17H16N4O3. The third-order valence-electron chi connectivity index (χ3n) is 4.15. The molecule has 1 atom stereocenters. The number of carbonyl (C=O) groups excluding carboxylic acids is 2. The molecule has 4 rings (SSSR count). The first-order valence-corrected chi connectivity index (χ1v) is 7.76. The van der Waals surface area contributed by atoms with Crippen LogP contribution in [0.2, 0.25) is 0 Å². The number of rotatable bonds is 3. The van der Waals surface area contributed by atoms with Gasteiger partial charge in [0.05, 0.1) is 17.3 Å². The number of anilines is 1. The zero-order valence-electron chi connectivity index (χ0n) is 13.1. The maximum atomic E-state index is 12.7. The first-order valence-electron chi connectivity index (χ1n) is 7.76. The van der Waals surface area contributed by atoms with Gasteiger partial charge in [0.2, 0.25) is 5.95 Å². The molecule has 2 amide bonds. The third kappa shape index (κ3) is 2.25. The fraction of sp³-hybridized carbons (Fsp3) is 0.235. The van der Waals surface area contributed by atoms with Gasteiger partial charge in [-0.05, 0) is 31.2 Å². The highest BCUT2D eigenvalue weighted by atomic mass is 16.3. The molecule has 0 fully saturated rings. The zero-order valence-corrected chi connectivity index (χ0v) is 13.1. The van der Waals surface area contributed by atoms with Crippen LogP contribution >= 0.6 is 0 Å². The van der Waals surface area contributed by atoms with Gasteiger partial charge in [-0.15, -0.1) is 0 Å². The first kappa shape index (κ1) is 14.5. The second kappa shape index (κ2) is 5.52. The van der Waals surface area contributed by atoms with Gasteiger partial charge >= 0.3 is 0 Å². The lowest BCUT2D eigenvalue weighted by Gasteiger charge is -2.19. The standard InChI is InChI=1S/C17H16N4O3/c1-11(18-15(22)14-7-4-10-24-14)16(23)21-9-8-20-13-6-3-2-5-12(13)19-17(20)21/h2-7,10-11H,8-9H2,1H3,(H,18,22)/t11-/m0/s1. The quantitative estimate of drug-likeness (QED) is 0.796. The molecule has 1 N–H and O–H groups in total. The summed E-state index contributed by atoms with van der Waals surface area (Å²) >= 11 is 0. The summed E-state index contributed by atoms with van der Waals surface area (Å²) in [5.74, 6) is 0.209. The van der Waals surface area contributed by atoms with Crippen LogP contribution in [0.5, 0.6) is 0 Å². The van der Waals surface area contributed by atoms with E-state index in [9.17, 15) is 9.59 Å². The number of nitrogens with zero attached hydrogens (tertiary/aromatic N) is 3. The highest BCUT2D eigenvalue weighted by Crippen LogP contribution is 2.27. The van der Waals surface area contributed by atoms with Crippen LogP contribution in [0.15, 0.2) is 47.1 Å². The minimum absolute atomic E-state index is 0.184. The number of aromatic nitrogens is 2. The summed E-state index contributed by atoms with van der Waals surface area (Å²) in [6.07, 6.45) is 1.42. The molecule has 0 spiro atoms. The number of hydrogen-bond acceptors (Lipinski definition) is 4. The Morgan fingerprint density at radius 3 is 2.83 bits per heavy atom. The number of benzene rings is 1. The van der Waals surface area contributed by atoms with Gasteiger partial charge in [-0.25, -0.2) is 4.98 Å². The third-order valence-corrected chi connectivity index (χ3v) is 4.15. The van der Waals surface area contributed by atoms with Crippen molar-refractivity contribution in [3.63, 3.8) is 0 Å². The Bertz CT molecular complexity index is 913. The number of hydrogen-bond donors (Lipinski definition) is 1. The molecule has 24 heavy (non-hydrogen) atoms. The number of amides is 2. The molecule has 0 saturated carbocycles. The molecule has 3 aromatic rings. The molecule has 0 unspecified atom stereocenters. The van der Waals surface area contributed by atoms with Crippen LogP contribution in [0.25, 0.3) is 11.0 Å². The summed E-state index contributed by atoms with van der Waals surface area (Å²) < 4.78 is 7.07. The largest absolute Gasteiger partial charge is 0.459 e. The second-order valence-corrected chi connectivity index (χ2v) is 5.71. The molecule has 0 radical (unpaired) electrons. The lowest BCUT2D eigenvalue weighted by atomic mass is 10.2. The van der Waals surface area contributed by atoms with Gasteiger partial charge < -0.3 is 14.3 Å². The van der Waals surface area contributed by atoms with Gasteiger partial charge in [0.15, 0.2) is 5.76 Å². The average molecular weight is 324 g/mol. The minimum atomic E-state index is -0.672. The molecule has 2 aromatic heterocycles. The lowest BCUT2D eigenvalue weighted by Crippen LogP contribution is -2.46. The molecule has 0 aliphatic carbocycles. The Kier molecular flexibility index (Phi) is 3.34. The summed E-state index contributed by atoms with van der Waals surface area (Å²) in [5, 5.41) is 2.66. The Morgan fingerprint density at radius 1 is 1.21 bits per heavy atom. The van der Waals surface area contributed by atoms with E-state index in [2.05, 4.69) is 10.3 Å². The Balaban J connectivity index is 1.55. The average Bonchev–Trinajstić information content (AvgIpc) is 3.30. The number of fused-ring (bicyclic) bond motifs is 3. The molecule has 1 aliphatic heterocycles. The summed E-state index contributed by atoms with van der Waals surface area (Å²) in [4.78, 5) is 30.9. The molecule has 122 valence electrons. The predicted octanol–water partition coefficient (Wildman–Crippen LogP) is 1.79. The number of imidazole rings is 1. The van der Waals surface area contributed by atoms with Gasteiger partial charge in [0.1, 0.15) is 6.04 Å². The van der Waals surface area contributed by atoms with Crippen LogP contribution in [0.3, 0.4) is 0 Å². The number of nitrogens with one attached hydrogen (secondary N) is 1. The topological polar surface area (TPSA) is 80.4 Å². The summed E-state index contributed by atoms with van der Waals surface area (Å²) in [5.41, 5.74) is 1.87. The van der Waals surface area contributed by atoms with E-state index in [4.69, 9.17) is 4.42 Å². The van der Waals surface area contributed by atoms with Crippen molar-refractivity contribution in [3.8, 4) is 0 Å². The number of para-hydroxylation sites is 2. The number of furan rings is 1. The van der Waals surface area contributed by atoms with Crippen LogP contribution in [0, 0.1) is 0 Å². The van der Waals surface area contributed by atoms with Gasteiger partial charge in [0, 0.05) is 13.1 Å². The number of carbonyl (C=O) groups is 2. The van der Waals surface area contributed by atoms with Crippen molar-refractivity contribution in [1.82, 2.24) is 14.9 Å². The van der Waals surface area contributed by atoms with Crippen LogP contribution in [0.4, 0.5) is 5.95 Å². The van der Waals surface area contributed by atoms with Crippen LogP contribution < -0.4 is 10.2 Å². The smallest absolute Gasteiger partial charge is 0.287 e.